The van der Waals surface area contributed by atoms with Crippen molar-refractivity contribution in [3.8, 4) is 22.5 Å². The zero-order valence-electron chi connectivity index (χ0n) is 25.3. The summed E-state index contributed by atoms with van der Waals surface area (Å²) in [6.45, 7) is 2.51. The minimum absolute atomic E-state index is 0.0794. The molecular formula is C31H40ClN9O4. The first-order chi connectivity index (χ1) is 21.8. The predicted octanol–water partition coefficient (Wildman–Crippen LogP) is 4.01. The number of rotatable bonds is 18. The molecule has 240 valence electrons. The van der Waals surface area contributed by atoms with Crippen molar-refractivity contribution in [2.75, 3.05) is 0 Å². The van der Waals surface area contributed by atoms with Crippen molar-refractivity contribution in [2.45, 2.75) is 83.8 Å². The number of imidazole rings is 1. The Kier molecular flexibility index (Phi) is 12.6. The van der Waals surface area contributed by atoms with E-state index >= 15 is 0 Å². The third kappa shape index (κ3) is 9.66. The van der Waals surface area contributed by atoms with Crippen LogP contribution in [0.2, 0.25) is 5.15 Å². The molecule has 45 heavy (non-hydrogen) atoms. The van der Waals surface area contributed by atoms with E-state index in [4.69, 9.17) is 32.9 Å². The van der Waals surface area contributed by atoms with Crippen LogP contribution in [0.1, 0.15) is 69.0 Å². The Hall–Kier alpha value is -4.17. The normalized spacial score (nSPS) is 12.0. The van der Waals surface area contributed by atoms with Crippen LogP contribution >= 0.6 is 11.6 Å². The summed E-state index contributed by atoms with van der Waals surface area (Å²) in [6, 6.07) is 15.3. The van der Waals surface area contributed by atoms with Gasteiger partial charge in [0, 0.05) is 24.9 Å². The van der Waals surface area contributed by atoms with Gasteiger partial charge >= 0.3 is 11.9 Å². The molecule has 14 heteroatoms. The number of halogens is 1. The summed E-state index contributed by atoms with van der Waals surface area (Å²) in [6.07, 6.45) is 4.00. The van der Waals surface area contributed by atoms with Gasteiger partial charge in [-0.2, -0.15) is 5.21 Å². The molecule has 0 aliphatic heterocycles. The van der Waals surface area contributed by atoms with Gasteiger partial charge in [0.15, 0.2) is 5.15 Å². The largest absolute Gasteiger partial charge is 0.481 e. The number of tetrazole rings is 1. The van der Waals surface area contributed by atoms with E-state index in [1.54, 1.807) is 0 Å². The van der Waals surface area contributed by atoms with Gasteiger partial charge in [0.2, 0.25) is 5.82 Å². The Morgan fingerprint density at radius 3 is 2.49 bits per heavy atom. The van der Waals surface area contributed by atoms with Gasteiger partial charge in [-0.15, -0.1) is 10.2 Å². The number of carbonyl (C=O) groups is 2. The van der Waals surface area contributed by atoms with Gasteiger partial charge in [-0.25, -0.2) is 4.98 Å². The van der Waals surface area contributed by atoms with Gasteiger partial charge in [0.25, 0.3) is 0 Å². The molecule has 2 aromatic heterocycles. The Morgan fingerprint density at radius 2 is 1.82 bits per heavy atom. The Bertz CT molecular complexity index is 1520. The Labute approximate surface area is 266 Å². The van der Waals surface area contributed by atoms with E-state index in [1.165, 1.54) is 0 Å². The van der Waals surface area contributed by atoms with Crippen LogP contribution in [0.4, 0.5) is 0 Å². The zero-order chi connectivity index (χ0) is 32.2. The number of hydrogen-bond donors (Lipinski definition) is 5. The van der Waals surface area contributed by atoms with Crippen LogP contribution < -0.4 is 16.8 Å². The van der Waals surface area contributed by atoms with Crippen LogP contribution in [0.25, 0.3) is 22.5 Å². The lowest BCUT2D eigenvalue weighted by Crippen LogP contribution is -2.53. The predicted molar refractivity (Wildman–Crippen MR) is 170 cm³/mol. The standard InChI is InChI=1S/C31H40ClN9O4/c1-2-3-12-26-36-28(32)25(19-45-30(44)24(35-31(33)34)11-5-4-6-13-27(42)43)41(26)18-20-14-16-21(17-15-20)22-9-7-8-10-23(22)29-37-39-40-38-29/h7-10,14-17,24,31,35H,2-6,11-13,18-19,33-34H2,1H3,(H,42,43)(H,37,38,39,40)/t24-/m1/s1. The van der Waals surface area contributed by atoms with Crippen molar-refractivity contribution in [1.29, 1.82) is 0 Å². The van der Waals surface area contributed by atoms with E-state index in [1.807, 2.05) is 53.1 Å². The number of carboxylic acid groups (broad SMARTS) is 1. The first-order valence-electron chi connectivity index (χ1n) is 15.1. The number of ether oxygens (including phenoxy) is 1. The van der Waals surface area contributed by atoms with E-state index < -0.39 is 24.3 Å². The number of carboxylic acids is 1. The molecule has 0 saturated carbocycles. The summed E-state index contributed by atoms with van der Waals surface area (Å²) in [7, 11) is 0. The fourth-order valence-electron chi connectivity index (χ4n) is 5.08. The highest BCUT2D eigenvalue weighted by Crippen LogP contribution is 2.30. The number of aromatic amines is 1. The number of benzene rings is 2. The van der Waals surface area contributed by atoms with E-state index in [0.717, 1.165) is 47.3 Å². The summed E-state index contributed by atoms with van der Waals surface area (Å²) in [5, 5.41) is 26.4. The lowest BCUT2D eigenvalue weighted by Gasteiger charge is -2.20. The van der Waals surface area contributed by atoms with Gasteiger partial charge in [-0.1, -0.05) is 86.3 Å². The first-order valence-corrected chi connectivity index (χ1v) is 15.5. The minimum atomic E-state index is -0.918. The number of aromatic nitrogens is 6. The number of nitrogens with two attached hydrogens (primary N) is 2. The van der Waals surface area contributed by atoms with Crippen LogP contribution in [0, 0.1) is 0 Å². The van der Waals surface area contributed by atoms with Crippen molar-refractivity contribution in [1.82, 2.24) is 35.5 Å². The van der Waals surface area contributed by atoms with Crippen molar-refractivity contribution in [3.63, 3.8) is 0 Å². The van der Waals surface area contributed by atoms with Gasteiger partial charge < -0.3 is 25.9 Å². The number of H-pyrrole nitrogens is 1. The number of esters is 1. The molecule has 4 aromatic rings. The molecule has 0 aliphatic carbocycles. The van der Waals surface area contributed by atoms with E-state index in [2.05, 4.69) is 37.8 Å². The number of carbonyl (C=O) groups excluding carboxylic acids is 1. The quantitative estimate of drug-likeness (QED) is 0.0599. The second kappa shape index (κ2) is 16.8. The minimum Gasteiger partial charge on any atom is -0.481 e. The molecule has 0 fully saturated rings. The van der Waals surface area contributed by atoms with Gasteiger partial charge in [0.05, 0.1) is 5.69 Å². The second-order valence-electron chi connectivity index (χ2n) is 10.8. The average molecular weight is 638 g/mol. The molecule has 0 amide bonds. The molecule has 4 rings (SSSR count). The molecule has 2 aromatic carbocycles. The maximum Gasteiger partial charge on any atom is 0.323 e. The topological polar surface area (TPSA) is 200 Å². The van der Waals surface area contributed by atoms with Crippen LogP contribution in [-0.2, 0) is 33.9 Å². The maximum atomic E-state index is 13.1. The highest BCUT2D eigenvalue weighted by molar-refractivity contribution is 6.30. The highest BCUT2D eigenvalue weighted by Gasteiger charge is 2.23. The number of nitrogens with zero attached hydrogens (tertiary/aromatic N) is 5. The smallest absolute Gasteiger partial charge is 0.323 e. The molecule has 0 spiro atoms. The summed E-state index contributed by atoms with van der Waals surface area (Å²) in [4.78, 5) is 28.5. The van der Waals surface area contributed by atoms with E-state index in [0.29, 0.717) is 43.7 Å². The van der Waals surface area contributed by atoms with Gasteiger partial charge in [0.1, 0.15) is 24.8 Å². The van der Waals surface area contributed by atoms with E-state index in [9.17, 15) is 9.59 Å². The highest BCUT2D eigenvalue weighted by atomic mass is 35.5. The number of nitrogens with one attached hydrogen (secondary N) is 2. The monoisotopic (exact) mass is 637 g/mol. The molecule has 7 N–H and O–H groups in total. The van der Waals surface area contributed by atoms with Gasteiger partial charge in [-0.05, 0) is 41.2 Å². The van der Waals surface area contributed by atoms with Crippen LogP contribution in [0.5, 0.6) is 0 Å². The summed E-state index contributed by atoms with van der Waals surface area (Å²) < 4.78 is 7.73. The second-order valence-corrected chi connectivity index (χ2v) is 11.1. The molecular weight excluding hydrogens is 598 g/mol. The first kappa shape index (κ1) is 33.7. The number of hydrogen-bond acceptors (Lipinski definition) is 10. The van der Waals surface area contributed by atoms with E-state index in [-0.39, 0.29) is 18.2 Å². The number of aryl methyl sites for hydroxylation is 1. The van der Waals surface area contributed by atoms with Crippen molar-refractivity contribution < 1.29 is 19.4 Å². The lowest BCUT2D eigenvalue weighted by atomic mass is 9.98. The average Bonchev–Trinajstić information content (AvgIpc) is 3.66. The van der Waals surface area contributed by atoms with Crippen molar-refractivity contribution >= 4 is 23.5 Å². The summed E-state index contributed by atoms with van der Waals surface area (Å²) in [5.41, 5.74) is 15.9. The Balaban J connectivity index is 1.49. The maximum absolute atomic E-state index is 13.1. The Morgan fingerprint density at radius 1 is 1.07 bits per heavy atom. The molecule has 0 saturated heterocycles. The summed E-state index contributed by atoms with van der Waals surface area (Å²) in [5.74, 6) is -0.0256. The molecule has 13 nitrogen and oxygen atoms in total. The molecule has 1 atom stereocenters. The third-order valence-electron chi connectivity index (χ3n) is 7.39. The van der Waals surface area contributed by atoms with Crippen LogP contribution in [0.15, 0.2) is 48.5 Å². The van der Waals surface area contributed by atoms with Crippen LogP contribution in [0.3, 0.4) is 0 Å². The van der Waals surface area contributed by atoms with Crippen molar-refractivity contribution in [3.05, 3.63) is 70.8 Å². The van der Waals surface area contributed by atoms with Crippen molar-refractivity contribution in [2.24, 2.45) is 11.5 Å². The lowest BCUT2D eigenvalue weighted by molar-refractivity contribution is -0.148. The van der Waals surface area contributed by atoms with Crippen LogP contribution in [-0.4, -0.2) is 59.6 Å². The fourth-order valence-corrected chi connectivity index (χ4v) is 5.33. The molecule has 0 radical (unpaired) electrons. The zero-order valence-corrected chi connectivity index (χ0v) is 26.0. The molecule has 2 heterocycles. The molecule has 0 aliphatic rings. The number of unbranched alkanes of at least 4 members (excludes halogenated alkanes) is 3. The summed E-state index contributed by atoms with van der Waals surface area (Å²) >= 11 is 6.61. The SMILES string of the molecule is CCCCc1nc(Cl)c(COC(=O)[C@@H](CCCCCC(=O)O)NC(N)N)n1Cc1ccc(-c2ccccc2-c2nn[nH]n2)cc1. The number of aliphatic carboxylic acids is 1. The molecule has 0 bridgehead atoms. The fraction of sp³-hybridized carbons (Fsp3) is 0.419. The molecule has 0 unspecified atom stereocenters. The third-order valence-corrected chi connectivity index (χ3v) is 7.69. The van der Waals surface area contributed by atoms with Gasteiger partial charge in [-0.3, -0.25) is 14.9 Å².